The van der Waals surface area contributed by atoms with Crippen LogP contribution in [0.4, 0.5) is 5.82 Å². The number of carbonyl (C=O) groups is 1. The van der Waals surface area contributed by atoms with E-state index in [2.05, 4.69) is 10.3 Å². The lowest BCUT2D eigenvalue weighted by Gasteiger charge is -2.16. The van der Waals surface area contributed by atoms with Crippen molar-refractivity contribution in [1.82, 2.24) is 4.98 Å². The number of rotatable bonds is 4. The Morgan fingerprint density at radius 1 is 1.32 bits per heavy atom. The first-order valence-electron chi connectivity index (χ1n) is 5.78. The second-order valence-electron chi connectivity index (χ2n) is 4.12. The Balaban J connectivity index is 2.13. The highest BCUT2D eigenvalue weighted by Crippen LogP contribution is 2.24. The monoisotopic (exact) mass is 276 g/mol. The summed E-state index contributed by atoms with van der Waals surface area (Å²) in [6.45, 7) is 1.97. The van der Waals surface area contributed by atoms with E-state index in [9.17, 15) is 4.79 Å². The summed E-state index contributed by atoms with van der Waals surface area (Å²) in [5, 5.41) is 12.7. The fraction of sp³-hybridized carbons (Fsp3) is 0.143. The van der Waals surface area contributed by atoms with Crippen molar-refractivity contribution in [3.05, 3.63) is 58.7 Å². The number of nitrogens with one attached hydrogen (secondary N) is 1. The van der Waals surface area contributed by atoms with Crippen LogP contribution in [-0.4, -0.2) is 16.1 Å². The highest BCUT2D eigenvalue weighted by molar-refractivity contribution is 6.31. The normalized spacial score (nSPS) is 11.9. The van der Waals surface area contributed by atoms with Crippen LogP contribution in [-0.2, 0) is 0 Å². The van der Waals surface area contributed by atoms with Crippen LogP contribution < -0.4 is 5.32 Å². The van der Waals surface area contributed by atoms with Gasteiger partial charge in [-0.3, -0.25) is 0 Å². The van der Waals surface area contributed by atoms with Gasteiger partial charge in [-0.2, -0.15) is 0 Å². The zero-order valence-electron chi connectivity index (χ0n) is 10.3. The van der Waals surface area contributed by atoms with Crippen molar-refractivity contribution in [3.63, 3.8) is 0 Å². The van der Waals surface area contributed by atoms with E-state index < -0.39 is 5.97 Å². The lowest BCUT2D eigenvalue weighted by molar-refractivity contribution is 0.0696. The van der Waals surface area contributed by atoms with E-state index in [-0.39, 0.29) is 11.6 Å². The standard InChI is InChI=1S/C14H13ClN2O2/c1-9(11-4-2-3-5-12(11)15)17-13-7-6-10(8-16-13)14(18)19/h2-9H,1H3,(H,16,17)(H,18,19)/t9-/m0/s1. The quantitative estimate of drug-likeness (QED) is 0.895. The summed E-state index contributed by atoms with van der Waals surface area (Å²) in [6, 6.07) is 10.7. The van der Waals surface area contributed by atoms with Gasteiger partial charge in [0.1, 0.15) is 5.82 Å². The van der Waals surface area contributed by atoms with Gasteiger partial charge in [-0.15, -0.1) is 0 Å². The van der Waals surface area contributed by atoms with Gasteiger partial charge in [0.15, 0.2) is 0 Å². The summed E-state index contributed by atoms with van der Waals surface area (Å²) in [6.07, 6.45) is 1.32. The summed E-state index contributed by atoms with van der Waals surface area (Å²) in [7, 11) is 0. The molecule has 5 heteroatoms. The summed E-state index contributed by atoms with van der Waals surface area (Å²) in [5.74, 6) is -0.379. The molecule has 0 spiro atoms. The second-order valence-corrected chi connectivity index (χ2v) is 4.53. The van der Waals surface area contributed by atoms with E-state index in [4.69, 9.17) is 16.7 Å². The summed E-state index contributed by atoms with van der Waals surface area (Å²) in [5.41, 5.74) is 1.13. The maximum Gasteiger partial charge on any atom is 0.337 e. The number of hydrogen-bond acceptors (Lipinski definition) is 3. The van der Waals surface area contributed by atoms with E-state index in [1.54, 1.807) is 6.07 Å². The number of aromatic nitrogens is 1. The van der Waals surface area contributed by atoms with E-state index >= 15 is 0 Å². The number of anilines is 1. The van der Waals surface area contributed by atoms with Gasteiger partial charge < -0.3 is 10.4 Å². The molecule has 0 aliphatic rings. The summed E-state index contributed by atoms with van der Waals surface area (Å²) < 4.78 is 0. The second kappa shape index (κ2) is 5.71. The molecule has 98 valence electrons. The zero-order chi connectivity index (χ0) is 13.8. The van der Waals surface area contributed by atoms with Crippen molar-refractivity contribution in [1.29, 1.82) is 0 Å². The van der Waals surface area contributed by atoms with Crippen LogP contribution in [0.3, 0.4) is 0 Å². The van der Waals surface area contributed by atoms with Crippen molar-refractivity contribution in [2.24, 2.45) is 0 Å². The number of carboxylic acid groups (broad SMARTS) is 1. The first-order valence-corrected chi connectivity index (χ1v) is 6.16. The van der Waals surface area contributed by atoms with E-state index in [1.165, 1.54) is 12.3 Å². The predicted octanol–water partition coefficient (Wildman–Crippen LogP) is 3.61. The third kappa shape index (κ3) is 3.23. The summed E-state index contributed by atoms with van der Waals surface area (Å²) in [4.78, 5) is 14.8. The topological polar surface area (TPSA) is 62.2 Å². The van der Waals surface area contributed by atoms with Crippen molar-refractivity contribution < 1.29 is 9.90 Å². The molecule has 0 fully saturated rings. The molecule has 1 aromatic carbocycles. The van der Waals surface area contributed by atoms with Crippen LogP contribution in [0.1, 0.15) is 28.9 Å². The Morgan fingerprint density at radius 2 is 2.05 bits per heavy atom. The lowest BCUT2D eigenvalue weighted by Crippen LogP contribution is -2.09. The van der Waals surface area contributed by atoms with Crippen LogP contribution in [0.25, 0.3) is 0 Å². The summed E-state index contributed by atoms with van der Waals surface area (Å²) >= 11 is 6.11. The molecule has 2 aromatic rings. The third-order valence-corrected chi connectivity index (χ3v) is 3.09. The minimum Gasteiger partial charge on any atom is -0.478 e. The number of hydrogen-bond donors (Lipinski definition) is 2. The van der Waals surface area contributed by atoms with Gasteiger partial charge in [0.2, 0.25) is 0 Å². The first-order chi connectivity index (χ1) is 9.08. The Hall–Kier alpha value is -2.07. The molecular weight excluding hydrogens is 264 g/mol. The molecule has 1 aromatic heterocycles. The Morgan fingerprint density at radius 3 is 2.63 bits per heavy atom. The highest BCUT2D eigenvalue weighted by Gasteiger charge is 2.10. The number of pyridine rings is 1. The average molecular weight is 277 g/mol. The lowest BCUT2D eigenvalue weighted by atomic mass is 10.1. The van der Waals surface area contributed by atoms with E-state index in [1.807, 2.05) is 31.2 Å². The number of aromatic carboxylic acids is 1. The minimum atomic E-state index is -0.988. The SMILES string of the molecule is C[C@H](Nc1ccc(C(=O)O)cn1)c1ccccc1Cl. The molecule has 1 atom stereocenters. The van der Waals surface area contributed by atoms with Crippen LogP contribution in [0.2, 0.25) is 5.02 Å². The molecule has 1 heterocycles. The third-order valence-electron chi connectivity index (χ3n) is 2.75. The molecular formula is C14H13ClN2O2. The van der Waals surface area contributed by atoms with E-state index in [0.717, 1.165) is 5.56 Å². The minimum absolute atomic E-state index is 0.0168. The van der Waals surface area contributed by atoms with Gasteiger partial charge in [0.05, 0.1) is 11.6 Å². The molecule has 19 heavy (non-hydrogen) atoms. The molecule has 0 amide bonds. The van der Waals surface area contributed by atoms with Gasteiger partial charge in [-0.1, -0.05) is 29.8 Å². The van der Waals surface area contributed by atoms with Crippen molar-refractivity contribution in [3.8, 4) is 0 Å². The zero-order valence-corrected chi connectivity index (χ0v) is 11.1. The molecule has 0 aliphatic heterocycles. The largest absolute Gasteiger partial charge is 0.478 e. The Labute approximate surface area is 116 Å². The maximum absolute atomic E-state index is 10.7. The van der Waals surface area contributed by atoms with Crippen molar-refractivity contribution in [2.75, 3.05) is 5.32 Å². The smallest absolute Gasteiger partial charge is 0.337 e. The fourth-order valence-electron chi connectivity index (χ4n) is 1.73. The number of halogens is 1. The molecule has 2 N–H and O–H groups in total. The van der Waals surface area contributed by atoms with Crippen LogP contribution in [0.15, 0.2) is 42.6 Å². The molecule has 0 aliphatic carbocycles. The predicted molar refractivity (Wildman–Crippen MR) is 74.7 cm³/mol. The first kappa shape index (κ1) is 13.4. The molecule has 4 nitrogen and oxygen atoms in total. The van der Waals surface area contributed by atoms with Gasteiger partial charge in [-0.05, 0) is 30.7 Å². The molecule has 0 radical (unpaired) electrons. The van der Waals surface area contributed by atoms with Gasteiger partial charge in [0.25, 0.3) is 0 Å². The van der Waals surface area contributed by atoms with Gasteiger partial charge in [0, 0.05) is 11.2 Å². The van der Waals surface area contributed by atoms with Gasteiger partial charge >= 0.3 is 5.97 Å². The number of nitrogens with zero attached hydrogens (tertiary/aromatic N) is 1. The molecule has 0 saturated carbocycles. The van der Waals surface area contributed by atoms with Crippen LogP contribution in [0, 0.1) is 0 Å². The van der Waals surface area contributed by atoms with Gasteiger partial charge in [-0.25, -0.2) is 9.78 Å². The Bertz CT molecular complexity index is 584. The van der Waals surface area contributed by atoms with Crippen molar-refractivity contribution in [2.45, 2.75) is 13.0 Å². The van der Waals surface area contributed by atoms with Crippen LogP contribution in [0.5, 0.6) is 0 Å². The number of benzene rings is 1. The van der Waals surface area contributed by atoms with Crippen molar-refractivity contribution >= 4 is 23.4 Å². The number of carboxylic acids is 1. The Kier molecular flexibility index (Phi) is 4.02. The molecule has 0 saturated heterocycles. The van der Waals surface area contributed by atoms with E-state index in [0.29, 0.717) is 10.8 Å². The highest BCUT2D eigenvalue weighted by atomic mass is 35.5. The molecule has 0 bridgehead atoms. The maximum atomic E-state index is 10.7. The molecule has 0 unspecified atom stereocenters. The van der Waals surface area contributed by atoms with Crippen LogP contribution >= 0.6 is 11.6 Å². The fourth-order valence-corrected chi connectivity index (χ4v) is 2.03. The average Bonchev–Trinajstić information content (AvgIpc) is 2.39. The molecule has 2 rings (SSSR count).